The predicted octanol–water partition coefficient (Wildman–Crippen LogP) is 2.09. The second-order valence-corrected chi connectivity index (χ2v) is 5.80. The summed E-state index contributed by atoms with van der Waals surface area (Å²) in [6.07, 6.45) is 0.214. The number of nitrogens with one attached hydrogen (secondary N) is 1. The number of hydrogen-bond acceptors (Lipinski definition) is 4. The number of halogens is 1. The van der Waals surface area contributed by atoms with Gasteiger partial charge in [0.25, 0.3) is 5.91 Å². The molecule has 0 radical (unpaired) electrons. The molecule has 3 N–H and O–H groups in total. The maximum absolute atomic E-state index is 12.2. The summed E-state index contributed by atoms with van der Waals surface area (Å²) in [6.45, 7) is 0. The molecule has 0 unspecified atom stereocenters. The summed E-state index contributed by atoms with van der Waals surface area (Å²) in [5.74, 6) is -0.236. The summed E-state index contributed by atoms with van der Waals surface area (Å²) >= 11 is 5.90. The van der Waals surface area contributed by atoms with Crippen LogP contribution in [0.25, 0.3) is 11.0 Å². The maximum atomic E-state index is 12.2. The van der Waals surface area contributed by atoms with Gasteiger partial charge in [-0.3, -0.25) is 4.79 Å². The summed E-state index contributed by atoms with van der Waals surface area (Å²) in [7, 11) is 0. The molecule has 3 rings (SSSR count). The molecule has 21 heavy (non-hydrogen) atoms. The second-order valence-electron chi connectivity index (χ2n) is 5.36. The number of benzene rings is 1. The van der Waals surface area contributed by atoms with Crippen LogP contribution in [0.15, 0.2) is 28.7 Å². The molecule has 1 fully saturated rings. The van der Waals surface area contributed by atoms with Gasteiger partial charge in [-0.25, -0.2) is 0 Å². The van der Waals surface area contributed by atoms with Gasteiger partial charge in [0.15, 0.2) is 5.76 Å². The molecule has 1 aromatic carbocycles. The average molecular weight is 310 g/mol. The van der Waals surface area contributed by atoms with E-state index in [4.69, 9.17) is 16.0 Å². The molecule has 112 valence electrons. The van der Waals surface area contributed by atoms with Crippen molar-refractivity contribution in [3.63, 3.8) is 0 Å². The normalized spacial score (nSPS) is 26.0. The van der Waals surface area contributed by atoms with E-state index in [-0.39, 0.29) is 5.76 Å². The van der Waals surface area contributed by atoms with Crippen molar-refractivity contribution in [3.8, 4) is 0 Å². The van der Waals surface area contributed by atoms with E-state index in [9.17, 15) is 15.0 Å². The van der Waals surface area contributed by atoms with E-state index in [1.165, 1.54) is 0 Å². The Morgan fingerprint density at radius 3 is 2.90 bits per heavy atom. The molecule has 6 heteroatoms. The summed E-state index contributed by atoms with van der Waals surface area (Å²) in [5, 5.41) is 23.6. The third kappa shape index (κ3) is 2.90. The Labute approximate surface area is 126 Å². The molecule has 1 amide bonds. The fourth-order valence-corrected chi connectivity index (χ4v) is 2.86. The van der Waals surface area contributed by atoms with Crippen LogP contribution in [0.1, 0.15) is 29.8 Å². The molecule has 1 heterocycles. The Morgan fingerprint density at radius 2 is 2.10 bits per heavy atom. The van der Waals surface area contributed by atoms with E-state index >= 15 is 0 Å². The van der Waals surface area contributed by atoms with Gasteiger partial charge < -0.3 is 19.9 Å². The number of fused-ring (bicyclic) bond motifs is 1. The minimum atomic E-state index is -0.943. The van der Waals surface area contributed by atoms with Crippen molar-refractivity contribution in [2.75, 3.05) is 0 Å². The number of rotatable bonds is 2. The lowest BCUT2D eigenvalue weighted by Gasteiger charge is -2.31. The van der Waals surface area contributed by atoms with Crippen LogP contribution in [0, 0.1) is 0 Å². The molecule has 0 bridgehead atoms. The Kier molecular flexibility index (Phi) is 3.89. The summed E-state index contributed by atoms with van der Waals surface area (Å²) in [4.78, 5) is 12.2. The quantitative estimate of drug-likeness (QED) is 0.793. The van der Waals surface area contributed by atoms with Crippen LogP contribution in [-0.2, 0) is 0 Å². The molecule has 0 aliphatic heterocycles. The maximum Gasteiger partial charge on any atom is 0.287 e. The lowest BCUT2D eigenvalue weighted by Crippen LogP contribution is -2.50. The second kappa shape index (κ2) is 5.67. The molecular formula is C15H16ClNO4. The van der Waals surface area contributed by atoms with Gasteiger partial charge in [-0.1, -0.05) is 11.6 Å². The van der Waals surface area contributed by atoms with Crippen molar-refractivity contribution in [3.05, 3.63) is 35.0 Å². The lowest BCUT2D eigenvalue weighted by molar-refractivity contribution is -0.0279. The largest absolute Gasteiger partial charge is 0.451 e. The van der Waals surface area contributed by atoms with E-state index < -0.39 is 24.2 Å². The highest BCUT2D eigenvalue weighted by Gasteiger charge is 2.32. The van der Waals surface area contributed by atoms with Crippen molar-refractivity contribution in [1.29, 1.82) is 0 Å². The van der Waals surface area contributed by atoms with Gasteiger partial charge in [-0.15, -0.1) is 0 Å². The third-order valence-corrected chi connectivity index (χ3v) is 4.08. The number of aliphatic hydroxyl groups excluding tert-OH is 2. The van der Waals surface area contributed by atoms with Gasteiger partial charge in [0.1, 0.15) is 11.7 Å². The van der Waals surface area contributed by atoms with Crippen LogP contribution in [0.4, 0.5) is 0 Å². The molecule has 1 aromatic heterocycles. The summed E-state index contributed by atoms with van der Waals surface area (Å²) in [5.41, 5.74) is 0.578. The minimum Gasteiger partial charge on any atom is -0.451 e. The Morgan fingerprint density at radius 1 is 1.29 bits per heavy atom. The van der Waals surface area contributed by atoms with E-state index in [1.807, 2.05) is 0 Å². The van der Waals surface area contributed by atoms with Crippen LogP contribution < -0.4 is 5.32 Å². The van der Waals surface area contributed by atoms with E-state index in [0.717, 1.165) is 11.8 Å². The zero-order valence-corrected chi connectivity index (χ0v) is 12.0. The van der Waals surface area contributed by atoms with Crippen LogP contribution in [-0.4, -0.2) is 34.4 Å². The third-order valence-electron chi connectivity index (χ3n) is 3.84. The molecule has 5 nitrogen and oxygen atoms in total. The molecule has 0 spiro atoms. The average Bonchev–Trinajstić information content (AvgIpc) is 2.87. The zero-order valence-electron chi connectivity index (χ0n) is 11.3. The topological polar surface area (TPSA) is 82.7 Å². The summed E-state index contributed by atoms with van der Waals surface area (Å²) in [6, 6.07) is 6.26. The fraction of sp³-hybridized carbons (Fsp3) is 0.400. The van der Waals surface area contributed by atoms with E-state index in [2.05, 4.69) is 5.32 Å². The van der Waals surface area contributed by atoms with Gasteiger partial charge in [0.05, 0.1) is 12.1 Å². The molecular weight excluding hydrogens is 294 g/mol. The molecule has 3 atom stereocenters. The van der Waals surface area contributed by atoms with Crippen molar-refractivity contribution in [1.82, 2.24) is 5.32 Å². The predicted molar refractivity (Wildman–Crippen MR) is 78.3 cm³/mol. The fourth-order valence-electron chi connectivity index (χ4n) is 2.68. The van der Waals surface area contributed by atoms with E-state index in [0.29, 0.717) is 23.4 Å². The Hall–Kier alpha value is -1.56. The first-order valence-corrected chi connectivity index (χ1v) is 7.28. The number of furan rings is 1. The van der Waals surface area contributed by atoms with Crippen LogP contribution in [0.2, 0.25) is 5.02 Å². The van der Waals surface area contributed by atoms with Gasteiger partial charge in [0.2, 0.25) is 0 Å². The number of hydrogen-bond donors (Lipinski definition) is 3. The molecule has 0 saturated heterocycles. The SMILES string of the molecule is O=C(N[C@@H]1CCC[C@@H](O)[C@@H]1O)c1cc2cc(Cl)ccc2o1. The van der Waals surface area contributed by atoms with Crippen LogP contribution in [0.3, 0.4) is 0 Å². The first-order valence-electron chi connectivity index (χ1n) is 6.90. The molecule has 1 saturated carbocycles. The summed E-state index contributed by atoms with van der Waals surface area (Å²) < 4.78 is 5.47. The van der Waals surface area contributed by atoms with Crippen molar-refractivity contribution < 1.29 is 19.4 Å². The first-order chi connectivity index (χ1) is 10.0. The molecule has 1 aliphatic rings. The minimum absolute atomic E-state index is 0.166. The molecule has 1 aliphatic carbocycles. The Balaban J connectivity index is 1.77. The van der Waals surface area contributed by atoms with Crippen molar-refractivity contribution in [2.45, 2.75) is 37.5 Å². The smallest absolute Gasteiger partial charge is 0.287 e. The van der Waals surface area contributed by atoms with Gasteiger partial charge in [0, 0.05) is 10.4 Å². The van der Waals surface area contributed by atoms with Gasteiger partial charge >= 0.3 is 0 Å². The van der Waals surface area contributed by atoms with Gasteiger partial charge in [-0.05, 0) is 43.5 Å². The van der Waals surface area contributed by atoms with Crippen molar-refractivity contribution >= 4 is 28.5 Å². The van der Waals surface area contributed by atoms with Gasteiger partial charge in [-0.2, -0.15) is 0 Å². The monoisotopic (exact) mass is 309 g/mol. The first kappa shape index (κ1) is 14.4. The molecule has 2 aromatic rings. The zero-order chi connectivity index (χ0) is 15.0. The Bertz CT molecular complexity index is 669. The highest BCUT2D eigenvalue weighted by Crippen LogP contribution is 2.24. The van der Waals surface area contributed by atoms with Crippen LogP contribution >= 0.6 is 11.6 Å². The number of amides is 1. The number of carbonyl (C=O) groups is 1. The highest BCUT2D eigenvalue weighted by atomic mass is 35.5. The lowest BCUT2D eigenvalue weighted by atomic mass is 9.90. The number of carbonyl (C=O) groups excluding carboxylic acids is 1. The standard InChI is InChI=1S/C15H16ClNO4/c16-9-4-5-12-8(6-9)7-13(21-12)15(20)17-10-2-1-3-11(18)14(10)19/h4-7,10-11,14,18-19H,1-3H2,(H,17,20)/t10-,11-,14-/m1/s1. The number of aliphatic hydroxyl groups is 2. The van der Waals surface area contributed by atoms with Crippen LogP contribution in [0.5, 0.6) is 0 Å². The van der Waals surface area contributed by atoms with E-state index in [1.54, 1.807) is 24.3 Å². The van der Waals surface area contributed by atoms with Crippen molar-refractivity contribution in [2.24, 2.45) is 0 Å². The highest BCUT2D eigenvalue weighted by molar-refractivity contribution is 6.31.